The normalized spacial score (nSPS) is 22.4. The lowest BCUT2D eigenvalue weighted by molar-refractivity contribution is -0.138. The molecule has 0 radical (unpaired) electrons. The van der Waals surface area contributed by atoms with Crippen LogP contribution in [0.3, 0.4) is 0 Å². The third kappa shape index (κ3) is 8.75. The number of pyridine rings is 1. The van der Waals surface area contributed by atoms with E-state index >= 15 is 0 Å². The van der Waals surface area contributed by atoms with Crippen molar-refractivity contribution >= 4 is 69.5 Å². The number of likely N-dealkylation sites (tertiary alicyclic amines) is 1. The molecule has 3 N–H and O–H groups in total. The molecule has 1 atom stereocenters. The van der Waals surface area contributed by atoms with Crippen LogP contribution >= 0.6 is 0 Å². The van der Waals surface area contributed by atoms with E-state index in [4.69, 9.17) is 0 Å². The number of nitrogens with zero attached hydrogens (tertiary/aromatic N) is 10. The number of piperazine rings is 1. The van der Waals surface area contributed by atoms with Crippen molar-refractivity contribution in [1.29, 1.82) is 0 Å². The Bertz CT molecular complexity index is 2840. The molecule has 0 bridgehead atoms. The van der Waals surface area contributed by atoms with Crippen LogP contribution in [0.2, 0.25) is 0 Å². The van der Waals surface area contributed by atoms with Crippen LogP contribution in [0.1, 0.15) is 87.9 Å². The van der Waals surface area contributed by atoms with E-state index in [0.29, 0.717) is 36.0 Å². The van der Waals surface area contributed by atoms with Gasteiger partial charge in [-0.1, -0.05) is 6.07 Å². The van der Waals surface area contributed by atoms with Crippen LogP contribution in [0, 0.1) is 18.8 Å². The van der Waals surface area contributed by atoms with Gasteiger partial charge in [-0.25, -0.2) is 19.9 Å². The van der Waals surface area contributed by atoms with Gasteiger partial charge in [0.05, 0.1) is 23.4 Å². The number of carbonyl (C=O) groups excluding carboxylic acids is 6. The predicted molar refractivity (Wildman–Crippen MR) is 255 cm³/mol. The highest BCUT2D eigenvalue weighted by atomic mass is 16.2. The Balaban J connectivity index is 0.592. The first-order chi connectivity index (χ1) is 33.5. The Labute approximate surface area is 398 Å². The highest BCUT2D eigenvalue weighted by molar-refractivity contribution is 6.23. The Morgan fingerprint density at radius 1 is 0.797 bits per heavy atom. The molecule has 1 saturated carbocycles. The Kier molecular flexibility index (Phi) is 11.7. The minimum Gasteiger partial charge on any atom is -0.370 e. The Hall–Kier alpha value is -7.28. The Morgan fingerprint density at radius 3 is 2.30 bits per heavy atom. The summed E-state index contributed by atoms with van der Waals surface area (Å²) >= 11 is 0. The molecule has 1 aliphatic carbocycles. The van der Waals surface area contributed by atoms with Crippen molar-refractivity contribution in [2.24, 2.45) is 11.8 Å². The molecule has 5 aliphatic heterocycles. The van der Waals surface area contributed by atoms with E-state index in [2.05, 4.69) is 74.5 Å². The average molecular weight is 934 g/mol. The van der Waals surface area contributed by atoms with Crippen LogP contribution in [0.4, 0.5) is 22.9 Å². The monoisotopic (exact) mass is 933 g/mol. The summed E-state index contributed by atoms with van der Waals surface area (Å²) in [7, 11) is 0. The van der Waals surface area contributed by atoms with Gasteiger partial charge in [-0.05, 0) is 113 Å². The van der Waals surface area contributed by atoms with Gasteiger partial charge in [0.1, 0.15) is 18.1 Å². The zero-order valence-electron chi connectivity index (χ0n) is 38.6. The number of nitrogens with one attached hydrogen (secondary N) is 3. The second-order valence-corrected chi connectivity index (χ2v) is 19.3. The molecule has 19 nitrogen and oxygen atoms in total. The fourth-order valence-corrected chi connectivity index (χ4v) is 10.8. The number of carbonyl (C=O) groups is 6. The van der Waals surface area contributed by atoms with Crippen molar-refractivity contribution in [2.45, 2.75) is 70.0 Å². The van der Waals surface area contributed by atoms with Gasteiger partial charge in [0, 0.05) is 93.6 Å². The summed E-state index contributed by atoms with van der Waals surface area (Å²) in [4.78, 5) is 105. The van der Waals surface area contributed by atoms with Crippen molar-refractivity contribution in [3.8, 4) is 0 Å². The zero-order valence-corrected chi connectivity index (χ0v) is 38.6. The predicted octanol–water partition coefficient (Wildman–Crippen LogP) is 3.70. The van der Waals surface area contributed by atoms with E-state index in [-0.39, 0.29) is 53.8 Å². The number of amides is 6. The molecule has 4 saturated heterocycles. The van der Waals surface area contributed by atoms with E-state index in [1.165, 1.54) is 5.69 Å². The van der Waals surface area contributed by atoms with Crippen LogP contribution in [0.25, 0.3) is 11.2 Å². The Morgan fingerprint density at radius 2 is 1.55 bits per heavy atom. The van der Waals surface area contributed by atoms with E-state index in [0.717, 1.165) is 106 Å². The van der Waals surface area contributed by atoms with E-state index in [1.54, 1.807) is 30.6 Å². The topological polar surface area (TPSA) is 211 Å². The third-order valence-corrected chi connectivity index (χ3v) is 15.0. The highest BCUT2D eigenvalue weighted by Crippen LogP contribution is 2.37. The summed E-state index contributed by atoms with van der Waals surface area (Å²) in [5.41, 5.74) is 6.07. The summed E-state index contributed by atoms with van der Waals surface area (Å²) in [6, 6.07) is 18.3. The first kappa shape index (κ1) is 44.2. The molecule has 0 unspecified atom stereocenters. The minimum absolute atomic E-state index is 0.0655. The van der Waals surface area contributed by atoms with Crippen molar-refractivity contribution in [1.82, 2.24) is 49.8 Å². The lowest BCUT2D eigenvalue weighted by Crippen LogP contribution is -2.55. The van der Waals surface area contributed by atoms with Gasteiger partial charge in [-0.2, -0.15) is 0 Å². The van der Waals surface area contributed by atoms with Crippen LogP contribution in [-0.4, -0.2) is 146 Å². The first-order valence-electron chi connectivity index (χ1n) is 24.2. The van der Waals surface area contributed by atoms with E-state index in [9.17, 15) is 28.8 Å². The summed E-state index contributed by atoms with van der Waals surface area (Å²) in [5, 5.41) is 8.78. The maximum atomic E-state index is 13.5. The number of benzene rings is 2. The van der Waals surface area contributed by atoms with Gasteiger partial charge in [-0.3, -0.25) is 43.9 Å². The average Bonchev–Trinajstić information content (AvgIpc) is 3.87. The van der Waals surface area contributed by atoms with E-state index < -0.39 is 29.7 Å². The number of piperidine rings is 2. The summed E-state index contributed by atoms with van der Waals surface area (Å²) in [5.74, 6) is -0.946. The maximum Gasteiger partial charge on any atom is 0.270 e. The molecule has 19 heteroatoms. The maximum absolute atomic E-state index is 13.5. The van der Waals surface area contributed by atoms with Crippen LogP contribution < -0.4 is 25.8 Å². The van der Waals surface area contributed by atoms with Gasteiger partial charge in [0.2, 0.25) is 17.7 Å². The second-order valence-electron chi connectivity index (χ2n) is 19.3. The highest BCUT2D eigenvalue weighted by Gasteiger charge is 2.45. The van der Waals surface area contributed by atoms with Crippen molar-refractivity contribution in [2.75, 3.05) is 74.0 Å². The van der Waals surface area contributed by atoms with Crippen molar-refractivity contribution in [3.63, 3.8) is 0 Å². The molecule has 69 heavy (non-hydrogen) atoms. The number of anilines is 4. The number of aryl methyl sites for hydroxylation is 1. The molecule has 0 spiro atoms. The van der Waals surface area contributed by atoms with Crippen molar-refractivity contribution in [3.05, 3.63) is 95.8 Å². The summed E-state index contributed by atoms with van der Waals surface area (Å²) < 4.78 is 2.08. The molecule has 6 aliphatic rings. The first-order valence-corrected chi connectivity index (χ1v) is 24.2. The number of rotatable bonds is 12. The number of hydrogen-bond acceptors (Lipinski definition) is 14. The summed E-state index contributed by atoms with van der Waals surface area (Å²) in [6.45, 7) is 9.48. The van der Waals surface area contributed by atoms with Crippen LogP contribution in [-0.2, 0) is 14.4 Å². The van der Waals surface area contributed by atoms with Gasteiger partial charge < -0.3 is 29.9 Å². The van der Waals surface area contributed by atoms with Gasteiger partial charge in [0.25, 0.3) is 17.7 Å². The lowest BCUT2D eigenvalue weighted by atomic mass is 9.86. The van der Waals surface area contributed by atoms with E-state index in [1.807, 2.05) is 35.2 Å². The molecule has 5 aromatic rings. The van der Waals surface area contributed by atoms with Crippen molar-refractivity contribution < 1.29 is 28.8 Å². The molecule has 11 rings (SSSR count). The van der Waals surface area contributed by atoms with Crippen LogP contribution in [0.15, 0.2) is 73.3 Å². The SMILES string of the molecule is Cc1cccc(C(=O)NC2CC(n3cnc4c(Nc5ccc(N6CCN(CCC7CCN(C(=O)C8CN(c9ccc%10c(c9)C(=O)N([C@H]9CCC(=O)NC9=O)C%10=O)C8)CC7)CC6)cc5)ncnc43)C2)n1. The largest absolute Gasteiger partial charge is 0.370 e. The molecular weight excluding hydrogens is 879 g/mol. The van der Waals surface area contributed by atoms with Gasteiger partial charge >= 0.3 is 0 Å². The standard InChI is InChI=1S/C50H55N13O6/c1-30-3-2-4-40(54-30)46(65)56-34-23-37(24-34)62-29-53-43-44(51-28-52-45(43)62)55-33-5-7-35(8-6-33)59-21-19-58(20-22-59)16-13-31-14-17-60(18-15-31)48(67)32-26-61(27-32)36-9-10-38-39(25-36)50(69)63(49(38)68)41-11-12-42(64)57-47(41)66/h2-10,25,28-29,31-32,34,37,41H,11-24,26-27H2,1H3,(H,56,65)(H,51,52,55)(H,57,64,66)/t34?,37?,41-/m0/s1. The fourth-order valence-electron chi connectivity index (χ4n) is 10.8. The number of hydrogen-bond donors (Lipinski definition) is 3. The number of imide groups is 2. The molecule has 356 valence electrons. The molecule has 5 fully saturated rings. The molecular formula is C50H55N13O6. The zero-order chi connectivity index (χ0) is 47.3. The quantitative estimate of drug-likeness (QED) is 0.153. The summed E-state index contributed by atoms with van der Waals surface area (Å²) in [6.07, 6.45) is 8.27. The number of fused-ring (bicyclic) bond motifs is 2. The van der Waals surface area contributed by atoms with Crippen LogP contribution in [0.5, 0.6) is 0 Å². The fraction of sp³-hybridized carbons (Fsp3) is 0.440. The lowest BCUT2D eigenvalue weighted by Gasteiger charge is -2.43. The number of aromatic nitrogens is 5. The third-order valence-electron chi connectivity index (χ3n) is 15.0. The molecule has 6 amide bonds. The number of imidazole rings is 1. The molecule has 2 aromatic carbocycles. The minimum atomic E-state index is -1.00. The van der Waals surface area contributed by atoms with Gasteiger partial charge in [0.15, 0.2) is 17.0 Å². The molecule has 3 aromatic heterocycles. The second kappa shape index (κ2) is 18.3. The van der Waals surface area contributed by atoms with Gasteiger partial charge in [-0.15, -0.1) is 0 Å². The molecule has 8 heterocycles. The smallest absolute Gasteiger partial charge is 0.270 e.